The number of aromatic nitrogens is 2. The molecule has 0 radical (unpaired) electrons. The van der Waals surface area contributed by atoms with Crippen molar-refractivity contribution in [2.24, 2.45) is 0 Å². The van der Waals surface area contributed by atoms with Gasteiger partial charge in [0.2, 0.25) is 0 Å². The summed E-state index contributed by atoms with van der Waals surface area (Å²) in [5.41, 5.74) is 0.464. The molecule has 96 valence electrons. The van der Waals surface area contributed by atoms with E-state index in [2.05, 4.69) is 10.4 Å². The van der Waals surface area contributed by atoms with Crippen molar-refractivity contribution in [3.05, 3.63) is 16.9 Å². The van der Waals surface area contributed by atoms with Crippen LogP contribution in [0.5, 0.6) is 0 Å². The summed E-state index contributed by atoms with van der Waals surface area (Å²) in [6, 6.07) is 0.112. The molecule has 6 heteroatoms. The molecule has 1 aromatic heterocycles. The van der Waals surface area contributed by atoms with E-state index in [9.17, 15) is 4.79 Å². The molecule has 0 unspecified atom stereocenters. The van der Waals surface area contributed by atoms with Crippen LogP contribution in [-0.2, 0) is 4.74 Å². The Kier molecular flexibility index (Phi) is 5.61. The van der Waals surface area contributed by atoms with Crippen LogP contribution in [0.3, 0.4) is 0 Å². The first-order chi connectivity index (χ1) is 8.07. The lowest BCUT2D eigenvalue weighted by molar-refractivity contribution is 0.0975. The van der Waals surface area contributed by atoms with Crippen LogP contribution in [0.4, 0.5) is 0 Å². The zero-order valence-electron chi connectivity index (χ0n) is 10.4. The number of methoxy groups -OCH3 is 1. The van der Waals surface area contributed by atoms with Crippen molar-refractivity contribution in [1.29, 1.82) is 0 Å². The van der Waals surface area contributed by atoms with Crippen molar-refractivity contribution in [2.45, 2.75) is 19.9 Å². The Hall–Kier alpha value is -0.910. The van der Waals surface area contributed by atoms with Gasteiger partial charge >= 0.3 is 0 Å². The summed E-state index contributed by atoms with van der Waals surface area (Å²) in [4.78, 5) is 12.0. The molecule has 0 aromatic carbocycles. The minimum absolute atomic E-state index is 0.0581. The number of ether oxygens (including phenoxy) is 1. The zero-order valence-corrected chi connectivity index (χ0v) is 11.1. The Morgan fingerprint density at radius 3 is 2.94 bits per heavy atom. The molecular formula is C11H18ClN3O2. The third kappa shape index (κ3) is 3.80. The lowest BCUT2D eigenvalue weighted by atomic mass is 10.2. The molecule has 0 aliphatic carbocycles. The molecule has 0 fully saturated rings. The Bertz CT molecular complexity index is 377. The van der Waals surface area contributed by atoms with Gasteiger partial charge in [-0.25, -0.2) is 0 Å². The minimum Gasteiger partial charge on any atom is -0.383 e. The van der Waals surface area contributed by atoms with E-state index in [0.717, 1.165) is 0 Å². The molecule has 0 aliphatic rings. The molecule has 0 spiro atoms. The van der Waals surface area contributed by atoms with E-state index in [-0.39, 0.29) is 18.4 Å². The highest BCUT2D eigenvalue weighted by Crippen LogP contribution is 2.19. The van der Waals surface area contributed by atoms with Crippen molar-refractivity contribution < 1.29 is 9.53 Å². The number of hydrogen-bond donors (Lipinski definition) is 1. The summed E-state index contributed by atoms with van der Waals surface area (Å²) in [7, 11) is 1.62. The molecule has 0 bridgehead atoms. The maximum Gasteiger partial charge on any atom is 0.196 e. The molecule has 0 atom stereocenters. The average Bonchev–Trinajstić information content (AvgIpc) is 2.66. The highest BCUT2D eigenvalue weighted by atomic mass is 35.5. The predicted molar refractivity (Wildman–Crippen MR) is 66.7 cm³/mol. The third-order valence-corrected chi connectivity index (χ3v) is 2.55. The highest BCUT2D eigenvalue weighted by Gasteiger charge is 2.18. The van der Waals surface area contributed by atoms with Crippen LogP contribution in [-0.4, -0.2) is 42.4 Å². The van der Waals surface area contributed by atoms with E-state index in [0.29, 0.717) is 23.9 Å². The fourth-order valence-corrected chi connectivity index (χ4v) is 1.69. The van der Waals surface area contributed by atoms with Gasteiger partial charge in [-0.1, -0.05) is 11.6 Å². The number of hydrogen-bond acceptors (Lipinski definition) is 4. The normalized spacial score (nSPS) is 11.1. The first kappa shape index (κ1) is 14.2. The van der Waals surface area contributed by atoms with Gasteiger partial charge < -0.3 is 10.1 Å². The SMILES string of the molecule is COCCNCC(=O)c1c(Cl)cnn1C(C)C. The smallest absolute Gasteiger partial charge is 0.196 e. The summed E-state index contributed by atoms with van der Waals surface area (Å²) >= 11 is 5.97. The predicted octanol–water partition coefficient (Wildman–Crippen LogP) is 1.54. The van der Waals surface area contributed by atoms with Gasteiger partial charge in [0.1, 0.15) is 5.69 Å². The van der Waals surface area contributed by atoms with Crippen LogP contribution >= 0.6 is 11.6 Å². The monoisotopic (exact) mass is 259 g/mol. The summed E-state index contributed by atoms with van der Waals surface area (Å²) in [5, 5.41) is 7.49. The summed E-state index contributed by atoms with van der Waals surface area (Å²) in [5.74, 6) is -0.0581. The van der Waals surface area contributed by atoms with Crippen LogP contribution < -0.4 is 5.32 Å². The molecule has 1 rings (SSSR count). The summed E-state index contributed by atoms with van der Waals surface area (Å²) in [6.07, 6.45) is 1.50. The van der Waals surface area contributed by atoms with Crippen LogP contribution in [0, 0.1) is 0 Å². The van der Waals surface area contributed by atoms with E-state index in [4.69, 9.17) is 16.3 Å². The zero-order chi connectivity index (χ0) is 12.8. The lowest BCUT2D eigenvalue weighted by Gasteiger charge is -2.10. The molecule has 0 aliphatic heterocycles. The number of ketones is 1. The Morgan fingerprint density at radius 1 is 1.65 bits per heavy atom. The second-order valence-electron chi connectivity index (χ2n) is 3.97. The van der Waals surface area contributed by atoms with Gasteiger partial charge in [-0.2, -0.15) is 5.10 Å². The van der Waals surface area contributed by atoms with Gasteiger partial charge in [0.25, 0.3) is 0 Å². The molecule has 17 heavy (non-hydrogen) atoms. The van der Waals surface area contributed by atoms with E-state index >= 15 is 0 Å². The maximum absolute atomic E-state index is 12.0. The highest BCUT2D eigenvalue weighted by molar-refractivity contribution is 6.33. The standard InChI is InChI=1S/C11H18ClN3O2/c1-8(2)15-11(9(12)6-14-15)10(16)7-13-4-5-17-3/h6,8,13H,4-5,7H2,1-3H3. The van der Waals surface area contributed by atoms with Crippen molar-refractivity contribution in [1.82, 2.24) is 15.1 Å². The van der Waals surface area contributed by atoms with E-state index < -0.39 is 0 Å². The van der Waals surface area contributed by atoms with Crippen LogP contribution in [0.2, 0.25) is 5.02 Å². The number of nitrogens with zero attached hydrogens (tertiary/aromatic N) is 2. The van der Waals surface area contributed by atoms with Crippen molar-refractivity contribution in [2.75, 3.05) is 26.8 Å². The van der Waals surface area contributed by atoms with E-state index in [1.165, 1.54) is 6.20 Å². The Labute approximate surface area is 106 Å². The van der Waals surface area contributed by atoms with Gasteiger partial charge in [0.05, 0.1) is 24.4 Å². The number of halogens is 1. The number of carbonyl (C=O) groups excluding carboxylic acids is 1. The van der Waals surface area contributed by atoms with Crippen molar-refractivity contribution >= 4 is 17.4 Å². The topological polar surface area (TPSA) is 56.1 Å². The number of Topliss-reactive ketones (excluding diaryl/α,β-unsaturated/α-hetero) is 1. The Balaban J connectivity index is 2.65. The Morgan fingerprint density at radius 2 is 2.35 bits per heavy atom. The number of carbonyl (C=O) groups is 1. The molecule has 1 heterocycles. The van der Waals surface area contributed by atoms with Gasteiger partial charge in [-0.15, -0.1) is 0 Å². The molecule has 1 N–H and O–H groups in total. The first-order valence-corrected chi connectivity index (χ1v) is 5.91. The van der Waals surface area contributed by atoms with E-state index in [1.54, 1.807) is 11.8 Å². The third-order valence-electron chi connectivity index (χ3n) is 2.27. The molecule has 0 amide bonds. The van der Waals surface area contributed by atoms with Crippen LogP contribution in [0.15, 0.2) is 6.20 Å². The molecule has 5 nitrogen and oxygen atoms in total. The molecular weight excluding hydrogens is 242 g/mol. The van der Waals surface area contributed by atoms with Crippen molar-refractivity contribution in [3.63, 3.8) is 0 Å². The quantitative estimate of drug-likeness (QED) is 0.596. The number of nitrogens with one attached hydrogen (secondary N) is 1. The lowest BCUT2D eigenvalue weighted by Crippen LogP contribution is -2.28. The molecule has 0 saturated carbocycles. The largest absolute Gasteiger partial charge is 0.383 e. The average molecular weight is 260 g/mol. The fourth-order valence-electron chi connectivity index (χ4n) is 1.45. The molecule has 1 aromatic rings. The van der Waals surface area contributed by atoms with Gasteiger partial charge in [0, 0.05) is 19.7 Å². The van der Waals surface area contributed by atoms with Gasteiger partial charge in [0.15, 0.2) is 5.78 Å². The van der Waals surface area contributed by atoms with Crippen LogP contribution in [0.25, 0.3) is 0 Å². The number of rotatable bonds is 7. The second kappa shape index (κ2) is 6.74. The minimum atomic E-state index is -0.0581. The van der Waals surface area contributed by atoms with Gasteiger partial charge in [-0.05, 0) is 13.8 Å². The van der Waals surface area contributed by atoms with E-state index in [1.807, 2.05) is 13.8 Å². The van der Waals surface area contributed by atoms with Gasteiger partial charge in [-0.3, -0.25) is 9.48 Å². The van der Waals surface area contributed by atoms with Crippen molar-refractivity contribution in [3.8, 4) is 0 Å². The first-order valence-electron chi connectivity index (χ1n) is 5.53. The summed E-state index contributed by atoms with van der Waals surface area (Å²) < 4.78 is 6.52. The fraction of sp³-hybridized carbons (Fsp3) is 0.636. The maximum atomic E-state index is 12.0. The second-order valence-corrected chi connectivity index (χ2v) is 4.38. The van der Waals surface area contributed by atoms with Crippen LogP contribution in [0.1, 0.15) is 30.4 Å². The molecule has 0 saturated heterocycles. The summed E-state index contributed by atoms with van der Waals surface area (Å²) in [6.45, 7) is 5.36.